The van der Waals surface area contributed by atoms with E-state index in [1.807, 2.05) is 6.92 Å². The maximum atomic E-state index is 12.8. The Morgan fingerprint density at radius 1 is 1.40 bits per heavy atom. The van der Waals surface area contributed by atoms with Gasteiger partial charge in [0.25, 0.3) is 0 Å². The SMILES string of the molecule is Cc1cc(CN[C@@H](C)c2ccc(F)cc2)oc1C(=O)O. The van der Waals surface area contributed by atoms with Crippen molar-refractivity contribution in [1.29, 1.82) is 0 Å². The molecule has 0 aliphatic carbocycles. The average molecular weight is 277 g/mol. The largest absolute Gasteiger partial charge is 0.475 e. The Kier molecular flexibility index (Phi) is 4.20. The van der Waals surface area contributed by atoms with Gasteiger partial charge in [0.2, 0.25) is 5.76 Å². The van der Waals surface area contributed by atoms with Gasteiger partial charge in [0, 0.05) is 11.6 Å². The number of furan rings is 1. The molecule has 0 amide bonds. The zero-order valence-electron chi connectivity index (χ0n) is 11.3. The molecular formula is C15H16FNO3. The van der Waals surface area contributed by atoms with Gasteiger partial charge in [-0.05, 0) is 37.6 Å². The van der Waals surface area contributed by atoms with Gasteiger partial charge in [-0.1, -0.05) is 12.1 Å². The molecule has 0 bridgehead atoms. The Bertz CT molecular complexity index is 604. The van der Waals surface area contributed by atoms with Crippen molar-refractivity contribution in [3.05, 3.63) is 58.8 Å². The summed E-state index contributed by atoms with van der Waals surface area (Å²) in [5.41, 5.74) is 1.55. The zero-order valence-corrected chi connectivity index (χ0v) is 11.3. The summed E-state index contributed by atoms with van der Waals surface area (Å²) < 4.78 is 18.1. The molecule has 0 aliphatic heterocycles. The molecule has 0 unspecified atom stereocenters. The second-order valence-electron chi connectivity index (χ2n) is 4.68. The van der Waals surface area contributed by atoms with Crippen molar-refractivity contribution in [2.24, 2.45) is 0 Å². The van der Waals surface area contributed by atoms with Crippen molar-refractivity contribution in [1.82, 2.24) is 5.32 Å². The fourth-order valence-corrected chi connectivity index (χ4v) is 1.97. The summed E-state index contributed by atoms with van der Waals surface area (Å²) in [6.07, 6.45) is 0. The number of hydrogen-bond donors (Lipinski definition) is 2. The third-order valence-corrected chi connectivity index (χ3v) is 3.12. The highest BCUT2D eigenvalue weighted by molar-refractivity contribution is 5.86. The van der Waals surface area contributed by atoms with Crippen molar-refractivity contribution in [2.45, 2.75) is 26.4 Å². The highest BCUT2D eigenvalue weighted by Gasteiger charge is 2.14. The second kappa shape index (κ2) is 5.88. The molecule has 0 saturated carbocycles. The summed E-state index contributed by atoms with van der Waals surface area (Å²) >= 11 is 0. The molecule has 2 aromatic rings. The van der Waals surface area contributed by atoms with Gasteiger partial charge in [-0.25, -0.2) is 9.18 Å². The highest BCUT2D eigenvalue weighted by Crippen LogP contribution is 2.17. The Morgan fingerprint density at radius 2 is 2.05 bits per heavy atom. The summed E-state index contributed by atoms with van der Waals surface area (Å²) in [4.78, 5) is 10.9. The Morgan fingerprint density at radius 3 is 2.60 bits per heavy atom. The van der Waals surface area contributed by atoms with E-state index in [0.29, 0.717) is 17.9 Å². The first-order valence-corrected chi connectivity index (χ1v) is 6.29. The average Bonchev–Trinajstić information content (AvgIpc) is 2.78. The monoisotopic (exact) mass is 277 g/mol. The first-order valence-electron chi connectivity index (χ1n) is 6.29. The van der Waals surface area contributed by atoms with E-state index >= 15 is 0 Å². The van der Waals surface area contributed by atoms with Gasteiger partial charge < -0.3 is 14.8 Å². The normalized spacial score (nSPS) is 12.3. The van der Waals surface area contributed by atoms with E-state index in [1.165, 1.54) is 12.1 Å². The van der Waals surface area contributed by atoms with E-state index in [-0.39, 0.29) is 17.6 Å². The van der Waals surface area contributed by atoms with Crippen LogP contribution in [0.15, 0.2) is 34.7 Å². The molecule has 0 radical (unpaired) electrons. The first kappa shape index (κ1) is 14.3. The number of benzene rings is 1. The summed E-state index contributed by atoms with van der Waals surface area (Å²) in [6.45, 7) is 4.05. The van der Waals surface area contributed by atoms with Crippen molar-refractivity contribution in [3.63, 3.8) is 0 Å². The summed E-state index contributed by atoms with van der Waals surface area (Å²) in [5.74, 6) is -0.806. The van der Waals surface area contributed by atoms with Gasteiger partial charge >= 0.3 is 5.97 Å². The van der Waals surface area contributed by atoms with Crippen LogP contribution in [-0.4, -0.2) is 11.1 Å². The van der Waals surface area contributed by atoms with Gasteiger partial charge in [0.15, 0.2) is 0 Å². The van der Waals surface area contributed by atoms with Crippen LogP contribution in [0.3, 0.4) is 0 Å². The van der Waals surface area contributed by atoms with E-state index in [0.717, 1.165) is 5.56 Å². The number of carbonyl (C=O) groups is 1. The number of aromatic carboxylic acids is 1. The maximum Gasteiger partial charge on any atom is 0.372 e. The van der Waals surface area contributed by atoms with Crippen LogP contribution in [0.4, 0.5) is 4.39 Å². The summed E-state index contributed by atoms with van der Waals surface area (Å²) in [5, 5.41) is 12.1. The number of rotatable bonds is 5. The second-order valence-corrected chi connectivity index (χ2v) is 4.68. The number of aryl methyl sites for hydroxylation is 1. The number of hydrogen-bond acceptors (Lipinski definition) is 3. The Labute approximate surface area is 116 Å². The maximum absolute atomic E-state index is 12.8. The van der Waals surface area contributed by atoms with Crippen LogP contribution in [-0.2, 0) is 6.54 Å². The molecule has 2 rings (SSSR count). The van der Waals surface area contributed by atoms with E-state index in [2.05, 4.69) is 5.32 Å². The zero-order chi connectivity index (χ0) is 14.7. The van der Waals surface area contributed by atoms with Gasteiger partial charge in [-0.15, -0.1) is 0 Å². The third kappa shape index (κ3) is 3.24. The Balaban J connectivity index is 1.99. The van der Waals surface area contributed by atoms with Crippen LogP contribution in [0.25, 0.3) is 0 Å². The molecule has 0 spiro atoms. The van der Waals surface area contributed by atoms with Crippen molar-refractivity contribution < 1.29 is 18.7 Å². The van der Waals surface area contributed by atoms with Crippen molar-refractivity contribution >= 4 is 5.97 Å². The molecule has 1 aromatic carbocycles. The lowest BCUT2D eigenvalue weighted by Gasteiger charge is -2.13. The van der Waals surface area contributed by atoms with E-state index in [4.69, 9.17) is 9.52 Å². The topological polar surface area (TPSA) is 62.5 Å². The molecule has 106 valence electrons. The van der Waals surface area contributed by atoms with E-state index < -0.39 is 5.97 Å². The molecule has 0 aliphatic rings. The third-order valence-electron chi connectivity index (χ3n) is 3.12. The lowest BCUT2D eigenvalue weighted by molar-refractivity contribution is 0.0659. The molecule has 2 N–H and O–H groups in total. The lowest BCUT2D eigenvalue weighted by atomic mass is 10.1. The summed E-state index contributed by atoms with van der Waals surface area (Å²) in [7, 11) is 0. The standard InChI is InChI=1S/C15H16FNO3/c1-9-7-13(20-14(9)15(18)19)8-17-10(2)11-3-5-12(16)6-4-11/h3-7,10,17H,8H2,1-2H3,(H,18,19)/t10-/m0/s1. The summed E-state index contributed by atoms with van der Waals surface area (Å²) in [6, 6.07) is 7.95. The quantitative estimate of drug-likeness (QED) is 0.880. The number of carboxylic acids is 1. The minimum absolute atomic E-state index is 0.00860. The fourth-order valence-electron chi connectivity index (χ4n) is 1.97. The number of carboxylic acid groups (broad SMARTS) is 1. The van der Waals surface area contributed by atoms with Gasteiger partial charge in [-0.2, -0.15) is 0 Å². The van der Waals surface area contributed by atoms with Crippen LogP contribution >= 0.6 is 0 Å². The molecule has 20 heavy (non-hydrogen) atoms. The van der Waals surface area contributed by atoms with Gasteiger partial charge in [0.05, 0.1) is 6.54 Å². The molecule has 5 heteroatoms. The minimum atomic E-state index is -1.07. The molecule has 0 fully saturated rings. The van der Waals surface area contributed by atoms with Crippen LogP contribution in [0.5, 0.6) is 0 Å². The molecule has 1 heterocycles. The van der Waals surface area contributed by atoms with Crippen LogP contribution in [0, 0.1) is 12.7 Å². The van der Waals surface area contributed by atoms with Gasteiger partial charge in [0.1, 0.15) is 11.6 Å². The van der Waals surface area contributed by atoms with Crippen LogP contribution in [0.1, 0.15) is 40.4 Å². The smallest absolute Gasteiger partial charge is 0.372 e. The van der Waals surface area contributed by atoms with Crippen molar-refractivity contribution in [3.8, 4) is 0 Å². The van der Waals surface area contributed by atoms with Crippen LogP contribution in [0.2, 0.25) is 0 Å². The molecule has 0 saturated heterocycles. The van der Waals surface area contributed by atoms with E-state index in [9.17, 15) is 9.18 Å². The lowest BCUT2D eigenvalue weighted by Crippen LogP contribution is -2.17. The molecule has 1 atom stereocenters. The molecule has 4 nitrogen and oxygen atoms in total. The highest BCUT2D eigenvalue weighted by atomic mass is 19.1. The molecule has 1 aromatic heterocycles. The fraction of sp³-hybridized carbons (Fsp3) is 0.267. The Hall–Kier alpha value is -2.14. The number of nitrogens with one attached hydrogen (secondary N) is 1. The van der Waals surface area contributed by atoms with Gasteiger partial charge in [-0.3, -0.25) is 0 Å². The first-order chi connectivity index (χ1) is 9.47. The predicted octanol–water partition coefficient (Wildman–Crippen LogP) is 3.28. The number of halogens is 1. The van der Waals surface area contributed by atoms with Crippen LogP contribution < -0.4 is 5.32 Å². The molecular weight excluding hydrogens is 261 g/mol. The predicted molar refractivity (Wildman–Crippen MR) is 72.1 cm³/mol. The minimum Gasteiger partial charge on any atom is -0.475 e. The van der Waals surface area contributed by atoms with Crippen molar-refractivity contribution in [2.75, 3.05) is 0 Å². The van der Waals surface area contributed by atoms with E-state index in [1.54, 1.807) is 25.1 Å².